The number of sulfone groups is 1. The number of hydrogen-bond donors (Lipinski definition) is 1. The molecule has 0 spiro atoms. The van der Waals surface area contributed by atoms with Crippen molar-refractivity contribution in [1.29, 1.82) is 0 Å². The van der Waals surface area contributed by atoms with Crippen LogP contribution in [0.5, 0.6) is 0 Å². The Morgan fingerprint density at radius 1 is 1.42 bits per heavy atom. The van der Waals surface area contributed by atoms with Crippen LogP contribution in [-0.2, 0) is 21.0 Å². The normalized spacial score (nSPS) is 30.5. The van der Waals surface area contributed by atoms with Crippen LogP contribution in [0.25, 0.3) is 0 Å². The van der Waals surface area contributed by atoms with E-state index in [1.807, 2.05) is 0 Å². The first kappa shape index (κ1) is 13.0. The molecule has 0 aliphatic carbocycles. The van der Waals surface area contributed by atoms with Crippen LogP contribution in [0.3, 0.4) is 0 Å². The summed E-state index contributed by atoms with van der Waals surface area (Å²) < 4.78 is 33.6. The van der Waals surface area contributed by atoms with E-state index in [-0.39, 0.29) is 23.5 Å². The van der Waals surface area contributed by atoms with Crippen LogP contribution in [-0.4, -0.2) is 55.9 Å². The first-order valence-electron chi connectivity index (χ1n) is 6.46. The molecule has 8 heteroatoms. The summed E-state index contributed by atoms with van der Waals surface area (Å²) in [4.78, 5) is 4.34. The Balaban J connectivity index is 1.63. The molecule has 0 saturated carbocycles. The summed E-state index contributed by atoms with van der Waals surface area (Å²) in [5.41, 5.74) is 0. The van der Waals surface area contributed by atoms with E-state index in [0.29, 0.717) is 31.3 Å². The molecule has 0 bridgehead atoms. The summed E-state index contributed by atoms with van der Waals surface area (Å²) in [6.45, 7) is 1.86. The molecule has 1 aromatic rings. The molecule has 2 atom stereocenters. The minimum absolute atomic E-state index is 0.133. The van der Waals surface area contributed by atoms with Crippen molar-refractivity contribution in [1.82, 2.24) is 15.5 Å². The molecule has 3 rings (SSSR count). The third kappa shape index (κ3) is 3.13. The zero-order valence-corrected chi connectivity index (χ0v) is 11.4. The Morgan fingerprint density at radius 3 is 3.05 bits per heavy atom. The molecule has 2 fully saturated rings. The van der Waals surface area contributed by atoms with Crippen molar-refractivity contribution in [3.8, 4) is 0 Å². The van der Waals surface area contributed by atoms with Crippen molar-refractivity contribution in [3.05, 3.63) is 11.7 Å². The van der Waals surface area contributed by atoms with Crippen LogP contribution in [0, 0.1) is 0 Å². The maximum Gasteiger partial charge on any atom is 0.228 e. The van der Waals surface area contributed by atoms with Crippen LogP contribution in [0.1, 0.15) is 24.1 Å². The van der Waals surface area contributed by atoms with Gasteiger partial charge in [-0.05, 0) is 6.42 Å². The van der Waals surface area contributed by atoms with Gasteiger partial charge in [0.15, 0.2) is 15.7 Å². The number of hydrogen-bond acceptors (Lipinski definition) is 7. The van der Waals surface area contributed by atoms with Crippen LogP contribution in [0.15, 0.2) is 4.52 Å². The monoisotopic (exact) mass is 287 g/mol. The molecule has 3 heterocycles. The average molecular weight is 287 g/mol. The third-order valence-electron chi connectivity index (χ3n) is 3.50. The number of ether oxygens (including phenoxy) is 1. The highest BCUT2D eigenvalue weighted by Crippen LogP contribution is 2.22. The van der Waals surface area contributed by atoms with E-state index in [1.54, 1.807) is 0 Å². The summed E-state index contributed by atoms with van der Waals surface area (Å²) in [7, 11) is -2.93. The number of nitrogens with zero attached hydrogens (tertiary/aromatic N) is 2. The second-order valence-corrected chi connectivity index (χ2v) is 7.31. The summed E-state index contributed by atoms with van der Waals surface area (Å²) in [5, 5.41) is 7.13. The first-order valence-corrected chi connectivity index (χ1v) is 8.28. The van der Waals surface area contributed by atoms with Crippen molar-refractivity contribution in [2.75, 3.05) is 31.3 Å². The topological polar surface area (TPSA) is 94.3 Å². The fourth-order valence-electron chi connectivity index (χ4n) is 2.46. The highest BCUT2D eigenvalue weighted by molar-refractivity contribution is 7.91. The summed E-state index contributed by atoms with van der Waals surface area (Å²) in [6, 6.07) is -0.133. The molecule has 2 aliphatic rings. The van der Waals surface area contributed by atoms with Gasteiger partial charge in [0.1, 0.15) is 0 Å². The van der Waals surface area contributed by atoms with Gasteiger partial charge < -0.3 is 14.6 Å². The lowest BCUT2D eigenvalue weighted by Crippen LogP contribution is -2.46. The van der Waals surface area contributed by atoms with Gasteiger partial charge in [-0.1, -0.05) is 5.16 Å². The van der Waals surface area contributed by atoms with E-state index in [1.165, 1.54) is 0 Å². The van der Waals surface area contributed by atoms with Gasteiger partial charge >= 0.3 is 0 Å². The molecular formula is C11H17N3O4S. The second-order valence-electron chi connectivity index (χ2n) is 5.08. The number of aromatic nitrogens is 2. The van der Waals surface area contributed by atoms with Crippen LogP contribution in [0.2, 0.25) is 0 Å². The maximum atomic E-state index is 11.5. The molecule has 7 nitrogen and oxygen atoms in total. The van der Waals surface area contributed by atoms with Crippen LogP contribution < -0.4 is 5.32 Å². The minimum atomic E-state index is -2.93. The molecule has 106 valence electrons. The van der Waals surface area contributed by atoms with E-state index in [0.717, 1.165) is 13.0 Å². The Morgan fingerprint density at radius 2 is 2.32 bits per heavy atom. The third-order valence-corrected chi connectivity index (χ3v) is 5.24. The van der Waals surface area contributed by atoms with Gasteiger partial charge in [-0.25, -0.2) is 8.42 Å². The highest BCUT2D eigenvalue weighted by Gasteiger charge is 2.27. The lowest BCUT2D eigenvalue weighted by molar-refractivity contribution is 0.192. The van der Waals surface area contributed by atoms with Gasteiger partial charge in [-0.15, -0.1) is 0 Å². The summed E-state index contributed by atoms with van der Waals surface area (Å²) >= 11 is 0. The lowest BCUT2D eigenvalue weighted by atomic mass is 10.1. The molecule has 0 aromatic carbocycles. The molecule has 0 amide bonds. The summed E-state index contributed by atoms with van der Waals surface area (Å²) in [6.07, 6.45) is 1.37. The van der Waals surface area contributed by atoms with Crippen LogP contribution >= 0.6 is 0 Å². The molecule has 19 heavy (non-hydrogen) atoms. The Labute approximate surface area is 111 Å². The molecule has 2 saturated heterocycles. The Kier molecular flexibility index (Phi) is 3.55. The van der Waals surface area contributed by atoms with E-state index < -0.39 is 9.84 Å². The number of rotatable bonds is 3. The minimum Gasteiger partial charge on any atom is -0.381 e. The van der Waals surface area contributed by atoms with Crippen molar-refractivity contribution < 1.29 is 17.7 Å². The summed E-state index contributed by atoms with van der Waals surface area (Å²) in [5.74, 6) is 1.72. The van der Waals surface area contributed by atoms with Crippen molar-refractivity contribution in [2.45, 2.75) is 24.8 Å². The average Bonchev–Trinajstić information content (AvgIpc) is 2.96. The zero-order valence-electron chi connectivity index (χ0n) is 10.5. The van der Waals surface area contributed by atoms with Crippen molar-refractivity contribution >= 4 is 9.84 Å². The molecule has 1 aromatic heterocycles. The quantitative estimate of drug-likeness (QED) is 0.801. The van der Waals surface area contributed by atoms with Gasteiger partial charge in [0.25, 0.3) is 0 Å². The smallest absolute Gasteiger partial charge is 0.228 e. The molecular weight excluding hydrogens is 270 g/mol. The number of nitrogens with one attached hydrogen (secondary N) is 1. The van der Waals surface area contributed by atoms with Gasteiger partial charge in [0, 0.05) is 31.5 Å². The fraction of sp³-hybridized carbons (Fsp3) is 0.818. The van der Waals surface area contributed by atoms with Gasteiger partial charge in [0.2, 0.25) is 5.89 Å². The first-order chi connectivity index (χ1) is 9.12. The standard InChI is InChI=1S/C11H17N3O4S/c15-19(16)4-2-12-9(7-19)5-10-13-11(14-18-10)8-1-3-17-6-8/h8-9,12H,1-7H2. The van der Waals surface area contributed by atoms with E-state index in [2.05, 4.69) is 15.5 Å². The van der Waals surface area contributed by atoms with Crippen LogP contribution in [0.4, 0.5) is 0 Å². The van der Waals surface area contributed by atoms with Gasteiger partial charge in [-0.3, -0.25) is 0 Å². The fourth-order valence-corrected chi connectivity index (χ4v) is 3.91. The Bertz CT molecular complexity index is 536. The van der Waals surface area contributed by atoms with E-state index >= 15 is 0 Å². The second kappa shape index (κ2) is 5.18. The molecule has 2 unspecified atom stereocenters. The van der Waals surface area contributed by atoms with E-state index in [4.69, 9.17) is 9.26 Å². The predicted molar refractivity (Wildman–Crippen MR) is 66.6 cm³/mol. The molecule has 1 N–H and O–H groups in total. The van der Waals surface area contributed by atoms with Crippen molar-refractivity contribution in [2.24, 2.45) is 0 Å². The van der Waals surface area contributed by atoms with Gasteiger partial charge in [0.05, 0.1) is 18.1 Å². The maximum absolute atomic E-state index is 11.5. The SMILES string of the molecule is O=S1(=O)CCNC(Cc2nc(C3CCOC3)no2)C1. The van der Waals surface area contributed by atoms with Gasteiger partial charge in [-0.2, -0.15) is 4.98 Å². The molecule has 0 radical (unpaired) electrons. The zero-order chi connectivity index (χ0) is 13.3. The largest absolute Gasteiger partial charge is 0.381 e. The highest BCUT2D eigenvalue weighted by atomic mass is 32.2. The van der Waals surface area contributed by atoms with Crippen molar-refractivity contribution in [3.63, 3.8) is 0 Å². The van der Waals surface area contributed by atoms with E-state index in [9.17, 15) is 8.42 Å². The lowest BCUT2D eigenvalue weighted by Gasteiger charge is -2.21. The predicted octanol–water partition coefficient (Wildman–Crippen LogP) is -0.497. The Hall–Kier alpha value is -0.990. The molecule has 2 aliphatic heterocycles.